The van der Waals surface area contributed by atoms with Crippen LogP contribution in [0.1, 0.15) is 24.3 Å². The lowest BCUT2D eigenvalue weighted by Crippen LogP contribution is -2.39. The number of aromatic nitrogens is 1. The van der Waals surface area contributed by atoms with Gasteiger partial charge in [-0.3, -0.25) is 19.3 Å². The molecule has 6 nitrogen and oxygen atoms in total. The molecule has 0 radical (unpaired) electrons. The molecule has 1 aliphatic heterocycles. The van der Waals surface area contributed by atoms with Gasteiger partial charge in [0, 0.05) is 11.6 Å². The summed E-state index contributed by atoms with van der Waals surface area (Å²) in [6.45, 7) is -0.223. The third-order valence-electron chi connectivity index (χ3n) is 6.31. The van der Waals surface area contributed by atoms with E-state index in [1.165, 1.54) is 21.8 Å². The van der Waals surface area contributed by atoms with Crippen molar-refractivity contribution in [2.24, 2.45) is 23.7 Å². The molecule has 2 bridgehead atoms. The Kier molecular flexibility index (Phi) is 3.86. The number of hydrogen-bond acceptors (Lipinski definition) is 5. The monoisotopic (exact) mass is 381 g/mol. The standard InChI is InChI=1S/C20H19N3O3S/c24-15(22-20-21-6-7-27-20)10-23-18(25)16-12-8-13(11-4-2-1-3-5-11)14(9-12)17(16)19(23)26/h1-7,12-14,16-17H,8-10H2,(H,21,22,24)/t12-,13+,14+,16+,17+/m0/s1. The minimum Gasteiger partial charge on any atom is -0.300 e. The number of benzene rings is 1. The number of amides is 3. The first kappa shape index (κ1) is 16.6. The highest BCUT2D eigenvalue weighted by Crippen LogP contribution is 2.61. The Bertz CT molecular complexity index is 898. The number of hydrogen-bond donors (Lipinski definition) is 1. The van der Waals surface area contributed by atoms with Gasteiger partial charge in [-0.15, -0.1) is 11.3 Å². The molecule has 1 N–H and O–H groups in total. The number of anilines is 1. The molecular formula is C20H19N3O3S. The van der Waals surface area contributed by atoms with Crippen molar-refractivity contribution in [3.8, 4) is 0 Å². The molecule has 1 aromatic heterocycles. The van der Waals surface area contributed by atoms with Crippen LogP contribution in [0.3, 0.4) is 0 Å². The van der Waals surface area contributed by atoms with Crippen molar-refractivity contribution < 1.29 is 14.4 Å². The van der Waals surface area contributed by atoms with Gasteiger partial charge in [0.2, 0.25) is 17.7 Å². The van der Waals surface area contributed by atoms with E-state index in [1.807, 2.05) is 18.2 Å². The number of thiazole rings is 1. The second kappa shape index (κ2) is 6.27. The molecule has 2 heterocycles. The zero-order valence-electron chi connectivity index (χ0n) is 14.6. The van der Waals surface area contributed by atoms with Gasteiger partial charge >= 0.3 is 0 Å². The molecule has 3 fully saturated rings. The predicted molar refractivity (Wildman–Crippen MR) is 99.8 cm³/mol. The number of rotatable bonds is 4. The third-order valence-corrected chi connectivity index (χ3v) is 7.00. The summed E-state index contributed by atoms with van der Waals surface area (Å²) in [6, 6.07) is 10.3. The van der Waals surface area contributed by atoms with Crippen LogP contribution in [0.4, 0.5) is 5.13 Å². The predicted octanol–water partition coefficient (Wildman–Crippen LogP) is 2.51. The minimum atomic E-state index is -0.376. The third kappa shape index (κ3) is 2.60. The second-order valence-electron chi connectivity index (χ2n) is 7.61. The van der Waals surface area contributed by atoms with Crippen LogP contribution in [0, 0.1) is 23.7 Å². The lowest BCUT2D eigenvalue weighted by atomic mass is 9.73. The van der Waals surface area contributed by atoms with Crippen molar-refractivity contribution in [3.05, 3.63) is 47.5 Å². The molecule has 27 heavy (non-hydrogen) atoms. The topological polar surface area (TPSA) is 79.4 Å². The van der Waals surface area contributed by atoms with Gasteiger partial charge in [0.05, 0.1) is 11.8 Å². The van der Waals surface area contributed by atoms with Crippen molar-refractivity contribution in [2.45, 2.75) is 18.8 Å². The summed E-state index contributed by atoms with van der Waals surface area (Å²) in [6.07, 6.45) is 3.48. The van der Waals surface area contributed by atoms with Gasteiger partial charge < -0.3 is 5.32 Å². The van der Waals surface area contributed by atoms with Gasteiger partial charge in [-0.2, -0.15) is 0 Å². The maximum absolute atomic E-state index is 13.0. The van der Waals surface area contributed by atoms with Gasteiger partial charge in [0.15, 0.2) is 5.13 Å². The van der Waals surface area contributed by atoms with Crippen LogP contribution in [0.25, 0.3) is 0 Å². The number of imide groups is 1. The molecule has 3 amide bonds. The number of carbonyl (C=O) groups is 3. The number of fused-ring (bicyclic) bond motifs is 5. The molecule has 7 heteroatoms. The van der Waals surface area contributed by atoms with Crippen LogP contribution >= 0.6 is 11.3 Å². The van der Waals surface area contributed by atoms with Gasteiger partial charge in [-0.25, -0.2) is 4.98 Å². The fourth-order valence-electron chi connectivity index (χ4n) is 5.35. The number of likely N-dealkylation sites (tertiary alicyclic amines) is 1. The normalized spacial score (nSPS) is 31.4. The molecule has 3 aliphatic rings. The van der Waals surface area contributed by atoms with Crippen LogP contribution in [-0.2, 0) is 14.4 Å². The number of nitrogens with zero attached hydrogens (tertiary/aromatic N) is 2. The van der Waals surface area contributed by atoms with Gasteiger partial charge in [0.1, 0.15) is 6.54 Å². The molecule has 2 aromatic rings. The first-order chi connectivity index (χ1) is 13.1. The summed E-state index contributed by atoms with van der Waals surface area (Å²) in [5.41, 5.74) is 1.25. The smallest absolute Gasteiger partial charge is 0.246 e. The first-order valence-electron chi connectivity index (χ1n) is 9.23. The Labute approximate surface area is 160 Å². The lowest BCUT2D eigenvalue weighted by molar-refractivity contribution is -0.143. The van der Waals surface area contributed by atoms with Gasteiger partial charge in [0.25, 0.3) is 0 Å². The SMILES string of the molecule is O=C(CN1C(=O)[C@@H]2[C@@H]3C[C@@H]([C@H]2C1=O)[C@@H](c1ccccc1)C3)Nc1nccs1. The van der Waals surface area contributed by atoms with Crippen molar-refractivity contribution in [1.82, 2.24) is 9.88 Å². The quantitative estimate of drug-likeness (QED) is 0.826. The largest absolute Gasteiger partial charge is 0.300 e. The molecule has 2 saturated carbocycles. The van der Waals surface area contributed by atoms with E-state index in [2.05, 4.69) is 22.4 Å². The fraction of sp³-hybridized carbons (Fsp3) is 0.400. The van der Waals surface area contributed by atoms with Crippen LogP contribution < -0.4 is 5.32 Å². The summed E-state index contributed by atoms with van der Waals surface area (Å²) in [5.74, 6) is -0.452. The number of carbonyl (C=O) groups excluding carboxylic acids is 3. The maximum Gasteiger partial charge on any atom is 0.246 e. The summed E-state index contributed by atoms with van der Waals surface area (Å²) >= 11 is 1.30. The van der Waals surface area contributed by atoms with E-state index < -0.39 is 0 Å². The zero-order chi connectivity index (χ0) is 18.5. The molecule has 0 unspecified atom stereocenters. The van der Waals surface area contributed by atoms with E-state index in [0.717, 1.165) is 12.8 Å². The Balaban J connectivity index is 1.34. The highest BCUT2D eigenvalue weighted by Gasteiger charge is 2.63. The zero-order valence-corrected chi connectivity index (χ0v) is 15.4. The van der Waals surface area contributed by atoms with Crippen LogP contribution in [0.2, 0.25) is 0 Å². The average molecular weight is 381 g/mol. The molecule has 5 atom stereocenters. The summed E-state index contributed by atoms with van der Waals surface area (Å²) in [5, 5.41) is 4.88. The maximum atomic E-state index is 13.0. The van der Waals surface area contributed by atoms with E-state index >= 15 is 0 Å². The summed E-state index contributed by atoms with van der Waals surface area (Å²) < 4.78 is 0. The molecule has 5 rings (SSSR count). The van der Waals surface area contributed by atoms with Crippen molar-refractivity contribution in [2.75, 3.05) is 11.9 Å². The Morgan fingerprint density at radius 1 is 1.15 bits per heavy atom. The van der Waals surface area contributed by atoms with Crippen molar-refractivity contribution in [3.63, 3.8) is 0 Å². The molecule has 1 aromatic carbocycles. The van der Waals surface area contributed by atoms with E-state index in [4.69, 9.17) is 0 Å². The molecule has 0 spiro atoms. The first-order valence-corrected chi connectivity index (χ1v) is 10.1. The minimum absolute atomic E-state index is 0.168. The van der Waals surface area contributed by atoms with E-state index in [9.17, 15) is 14.4 Å². The highest BCUT2D eigenvalue weighted by atomic mass is 32.1. The molecular weight excluding hydrogens is 362 g/mol. The average Bonchev–Trinajstić information content (AvgIpc) is 3.44. The summed E-state index contributed by atoms with van der Waals surface area (Å²) in [4.78, 5) is 43.3. The van der Waals surface area contributed by atoms with Crippen LogP contribution in [-0.4, -0.2) is 34.2 Å². The second-order valence-corrected chi connectivity index (χ2v) is 8.51. The number of nitrogens with one attached hydrogen (secondary N) is 1. The Morgan fingerprint density at radius 2 is 1.93 bits per heavy atom. The van der Waals surface area contributed by atoms with Gasteiger partial charge in [-0.1, -0.05) is 30.3 Å². The highest BCUT2D eigenvalue weighted by molar-refractivity contribution is 7.13. The molecule has 2 aliphatic carbocycles. The Hall–Kier alpha value is -2.54. The lowest BCUT2D eigenvalue weighted by Gasteiger charge is -2.28. The van der Waals surface area contributed by atoms with Crippen molar-refractivity contribution >= 4 is 34.2 Å². The fourth-order valence-corrected chi connectivity index (χ4v) is 5.89. The van der Waals surface area contributed by atoms with E-state index in [1.54, 1.807) is 11.6 Å². The Morgan fingerprint density at radius 3 is 2.67 bits per heavy atom. The molecule has 138 valence electrons. The van der Waals surface area contributed by atoms with Crippen LogP contribution in [0.5, 0.6) is 0 Å². The molecule has 1 saturated heterocycles. The summed E-state index contributed by atoms with van der Waals surface area (Å²) in [7, 11) is 0. The van der Waals surface area contributed by atoms with Gasteiger partial charge in [-0.05, 0) is 36.2 Å². The van der Waals surface area contributed by atoms with Crippen molar-refractivity contribution in [1.29, 1.82) is 0 Å². The van der Waals surface area contributed by atoms with E-state index in [0.29, 0.717) is 11.0 Å². The van der Waals surface area contributed by atoms with E-state index in [-0.39, 0.29) is 47.9 Å². The van der Waals surface area contributed by atoms with Crippen LogP contribution in [0.15, 0.2) is 41.9 Å².